The minimum absolute atomic E-state index is 0.180. The lowest BCUT2D eigenvalue weighted by Gasteiger charge is -2.13. The highest BCUT2D eigenvalue weighted by Gasteiger charge is 2.16. The van der Waals surface area contributed by atoms with Gasteiger partial charge >= 0.3 is 5.97 Å². The number of carbonyl (C=O) groups is 2. The van der Waals surface area contributed by atoms with Gasteiger partial charge < -0.3 is 19.4 Å². The maximum absolute atomic E-state index is 12.1. The topological polar surface area (TPSA) is 73.0 Å². The van der Waals surface area contributed by atoms with Gasteiger partial charge in [0, 0.05) is 0 Å². The Bertz CT molecular complexity index is 637. The minimum atomic E-state index is -0.479. The van der Waals surface area contributed by atoms with Gasteiger partial charge in [0.1, 0.15) is 6.54 Å². The summed E-state index contributed by atoms with van der Waals surface area (Å²) >= 11 is 0. The van der Waals surface area contributed by atoms with Gasteiger partial charge in [-0.25, -0.2) is 4.79 Å². The van der Waals surface area contributed by atoms with Gasteiger partial charge in [0.25, 0.3) is 5.91 Å². The smallest absolute Gasteiger partial charge is 0.339 e. The van der Waals surface area contributed by atoms with Crippen LogP contribution in [0.2, 0.25) is 0 Å². The van der Waals surface area contributed by atoms with Gasteiger partial charge in [-0.05, 0) is 24.3 Å². The minimum Gasteiger partial charge on any atom is -0.465 e. The lowest BCUT2D eigenvalue weighted by molar-refractivity contribution is -0.886. The number of methoxy groups -OCH3 is 1. The summed E-state index contributed by atoms with van der Waals surface area (Å²) in [5.74, 6) is 0.160. The summed E-state index contributed by atoms with van der Waals surface area (Å²) < 4.78 is 9.96. The molecule has 1 aromatic heterocycles. The molecule has 0 radical (unpaired) electrons. The molecule has 1 heterocycles. The second-order valence-corrected chi connectivity index (χ2v) is 4.98. The highest BCUT2D eigenvalue weighted by Crippen LogP contribution is 2.15. The number of carbonyl (C=O) groups excluding carboxylic acids is 2. The van der Waals surface area contributed by atoms with Crippen molar-refractivity contribution in [3.63, 3.8) is 0 Å². The molecule has 6 nitrogen and oxygen atoms in total. The summed E-state index contributed by atoms with van der Waals surface area (Å²) in [6, 6.07) is 10.4. The quantitative estimate of drug-likeness (QED) is 0.771. The Morgan fingerprint density at radius 1 is 1.23 bits per heavy atom. The summed E-state index contributed by atoms with van der Waals surface area (Å²) in [5.41, 5.74) is 0.784. The fourth-order valence-electron chi connectivity index (χ4n) is 2.12. The van der Waals surface area contributed by atoms with Gasteiger partial charge in [0.15, 0.2) is 12.3 Å². The Kier molecular flexibility index (Phi) is 5.32. The van der Waals surface area contributed by atoms with Crippen molar-refractivity contribution >= 4 is 17.6 Å². The summed E-state index contributed by atoms with van der Waals surface area (Å²) in [5, 5.41) is 2.75. The van der Waals surface area contributed by atoms with Crippen LogP contribution in [0.15, 0.2) is 47.1 Å². The average Bonchev–Trinajstić information content (AvgIpc) is 2.99. The van der Waals surface area contributed by atoms with E-state index >= 15 is 0 Å². The van der Waals surface area contributed by atoms with Gasteiger partial charge in [0.2, 0.25) is 0 Å². The molecule has 1 atom stereocenters. The van der Waals surface area contributed by atoms with E-state index in [-0.39, 0.29) is 12.5 Å². The Morgan fingerprint density at radius 2 is 2.00 bits per heavy atom. The maximum Gasteiger partial charge on any atom is 0.339 e. The van der Waals surface area contributed by atoms with E-state index in [9.17, 15) is 9.59 Å². The number of para-hydroxylation sites is 1. The van der Waals surface area contributed by atoms with Gasteiger partial charge in [-0.2, -0.15) is 0 Å². The zero-order chi connectivity index (χ0) is 15.9. The molecular formula is C16H19N2O4+. The molecule has 0 aliphatic carbocycles. The van der Waals surface area contributed by atoms with Crippen molar-refractivity contribution in [2.45, 2.75) is 6.54 Å². The van der Waals surface area contributed by atoms with Crippen LogP contribution in [0.5, 0.6) is 0 Å². The largest absolute Gasteiger partial charge is 0.465 e. The predicted molar refractivity (Wildman–Crippen MR) is 80.6 cm³/mol. The van der Waals surface area contributed by atoms with Gasteiger partial charge in [-0.15, -0.1) is 0 Å². The molecule has 1 amide bonds. The molecule has 0 saturated carbocycles. The number of quaternary nitrogens is 1. The highest BCUT2D eigenvalue weighted by atomic mass is 16.5. The van der Waals surface area contributed by atoms with Crippen LogP contribution in [0.4, 0.5) is 5.69 Å². The van der Waals surface area contributed by atoms with Crippen LogP contribution in [0.1, 0.15) is 16.1 Å². The van der Waals surface area contributed by atoms with Crippen LogP contribution >= 0.6 is 0 Å². The van der Waals surface area contributed by atoms with Gasteiger partial charge in [-0.1, -0.05) is 12.1 Å². The SMILES string of the molecule is COC(=O)c1ccccc1NC(=O)C[NH+](C)Cc1ccco1. The summed E-state index contributed by atoms with van der Waals surface area (Å²) in [4.78, 5) is 24.7. The number of benzene rings is 1. The number of furan rings is 1. The zero-order valence-corrected chi connectivity index (χ0v) is 12.6. The zero-order valence-electron chi connectivity index (χ0n) is 12.6. The van der Waals surface area contributed by atoms with Crippen LogP contribution in [0.3, 0.4) is 0 Å². The summed E-state index contributed by atoms with van der Waals surface area (Å²) in [6.45, 7) is 0.870. The molecular weight excluding hydrogens is 284 g/mol. The molecule has 0 spiro atoms. The summed E-state index contributed by atoms with van der Waals surface area (Å²) in [7, 11) is 3.20. The van der Waals surface area contributed by atoms with Crippen molar-refractivity contribution in [2.24, 2.45) is 0 Å². The third-order valence-electron chi connectivity index (χ3n) is 3.12. The van der Waals surface area contributed by atoms with Crippen molar-refractivity contribution in [3.8, 4) is 0 Å². The van der Waals surface area contributed by atoms with E-state index in [2.05, 4.69) is 5.32 Å². The van der Waals surface area contributed by atoms with E-state index in [4.69, 9.17) is 9.15 Å². The first-order valence-electron chi connectivity index (χ1n) is 6.91. The molecule has 116 valence electrons. The third kappa shape index (κ3) is 4.20. The molecule has 0 saturated heterocycles. The molecule has 2 N–H and O–H groups in total. The fourth-order valence-corrected chi connectivity index (χ4v) is 2.12. The van der Waals surface area contributed by atoms with E-state index < -0.39 is 5.97 Å². The molecule has 1 aromatic carbocycles. The number of anilines is 1. The van der Waals surface area contributed by atoms with E-state index in [1.54, 1.807) is 30.5 Å². The lowest BCUT2D eigenvalue weighted by atomic mass is 10.2. The Hall–Kier alpha value is -2.60. The molecule has 2 rings (SSSR count). The second-order valence-electron chi connectivity index (χ2n) is 4.98. The Labute approximate surface area is 128 Å². The molecule has 22 heavy (non-hydrogen) atoms. The van der Waals surface area contributed by atoms with Gasteiger partial charge in [-0.3, -0.25) is 4.79 Å². The highest BCUT2D eigenvalue weighted by molar-refractivity contribution is 6.01. The maximum atomic E-state index is 12.1. The van der Waals surface area contributed by atoms with Crippen molar-refractivity contribution in [2.75, 3.05) is 26.0 Å². The fraction of sp³-hybridized carbons (Fsp3) is 0.250. The number of ether oxygens (including phenoxy) is 1. The molecule has 1 unspecified atom stereocenters. The average molecular weight is 303 g/mol. The van der Waals surface area contributed by atoms with Gasteiger partial charge in [0.05, 0.1) is 31.7 Å². The third-order valence-corrected chi connectivity index (χ3v) is 3.12. The van der Waals surface area contributed by atoms with E-state index in [1.807, 2.05) is 19.2 Å². The van der Waals surface area contributed by atoms with Crippen LogP contribution in [-0.4, -0.2) is 32.6 Å². The van der Waals surface area contributed by atoms with Crippen LogP contribution in [-0.2, 0) is 16.1 Å². The van der Waals surface area contributed by atoms with E-state index in [1.165, 1.54) is 7.11 Å². The molecule has 0 bridgehead atoms. The predicted octanol–water partition coefficient (Wildman–Crippen LogP) is 0.720. The van der Waals surface area contributed by atoms with E-state index in [0.29, 0.717) is 17.8 Å². The molecule has 0 fully saturated rings. The molecule has 6 heteroatoms. The number of hydrogen-bond donors (Lipinski definition) is 2. The summed E-state index contributed by atoms with van der Waals surface area (Å²) in [6.07, 6.45) is 1.61. The monoisotopic (exact) mass is 303 g/mol. The Morgan fingerprint density at radius 3 is 2.68 bits per heavy atom. The number of likely N-dealkylation sites (N-methyl/N-ethyl adjacent to an activating group) is 1. The van der Waals surface area contributed by atoms with Crippen LogP contribution in [0.25, 0.3) is 0 Å². The van der Waals surface area contributed by atoms with Crippen LogP contribution in [0, 0.1) is 0 Å². The first-order valence-corrected chi connectivity index (χ1v) is 6.91. The number of hydrogen-bond acceptors (Lipinski definition) is 4. The Balaban J connectivity index is 1.96. The van der Waals surface area contributed by atoms with Crippen molar-refractivity contribution in [3.05, 3.63) is 54.0 Å². The normalized spacial score (nSPS) is 11.7. The molecule has 0 aliphatic heterocycles. The first kappa shape index (κ1) is 15.8. The standard InChI is InChI=1S/C16H18N2O4/c1-18(10-12-6-5-9-22-12)11-15(19)17-14-8-4-3-7-13(14)16(20)21-2/h3-9H,10-11H2,1-2H3,(H,17,19)/p+1. The number of esters is 1. The lowest BCUT2D eigenvalue weighted by Crippen LogP contribution is -3.08. The number of nitrogens with one attached hydrogen (secondary N) is 2. The van der Waals surface area contributed by atoms with Crippen molar-refractivity contribution in [1.29, 1.82) is 0 Å². The van der Waals surface area contributed by atoms with Crippen molar-refractivity contribution in [1.82, 2.24) is 0 Å². The van der Waals surface area contributed by atoms with Crippen molar-refractivity contribution < 1.29 is 23.6 Å². The van der Waals surface area contributed by atoms with Crippen LogP contribution < -0.4 is 10.2 Å². The molecule has 2 aromatic rings. The van der Waals surface area contributed by atoms with E-state index in [0.717, 1.165) is 10.7 Å². The second kappa shape index (κ2) is 7.42. The first-order chi connectivity index (χ1) is 10.6. The number of rotatable bonds is 6. The molecule has 0 aliphatic rings. The number of amides is 1.